The van der Waals surface area contributed by atoms with Gasteiger partial charge in [0.25, 0.3) is 5.91 Å². The van der Waals surface area contributed by atoms with E-state index >= 15 is 0 Å². The average Bonchev–Trinajstić information content (AvgIpc) is 2.67. The van der Waals surface area contributed by atoms with E-state index in [1.54, 1.807) is 36.4 Å². The fourth-order valence-electron chi connectivity index (χ4n) is 2.22. The second-order valence-electron chi connectivity index (χ2n) is 5.12. The molecule has 2 aromatic rings. The Labute approximate surface area is 137 Å². The van der Waals surface area contributed by atoms with Crippen LogP contribution in [0.3, 0.4) is 0 Å². The molecule has 23 heavy (non-hydrogen) atoms. The third-order valence-corrected chi connectivity index (χ3v) is 3.62. The van der Waals surface area contributed by atoms with Gasteiger partial charge < -0.3 is 25.6 Å². The second-order valence-corrected chi connectivity index (χ2v) is 5.56. The lowest BCUT2D eigenvalue weighted by molar-refractivity contribution is 0.0536. The lowest BCUT2D eigenvalue weighted by Gasteiger charge is -2.13. The number of amides is 1. The molecule has 6 nitrogen and oxygen atoms in total. The maximum Gasteiger partial charge on any atom is 0.257 e. The number of fused-ring (bicyclic) bond motifs is 2. The third kappa shape index (κ3) is 3.39. The van der Waals surface area contributed by atoms with Gasteiger partial charge in [0.2, 0.25) is 0 Å². The molecule has 0 spiro atoms. The van der Waals surface area contributed by atoms with Crippen molar-refractivity contribution >= 4 is 34.6 Å². The first-order valence-corrected chi connectivity index (χ1v) is 7.38. The maximum atomic E-state index is 12.2. The van der Waals surface area contributed by atoms with Crippen LogP contribution in [-0.2, 0) is 0 Å². The number of carbonyl (C=O) groups excluding carboxylic acids is 1. The predicted molar refractivity (Wildman–Crippen MR) is 87.7 cm³/mol. The molecular formula is C16H15ClN2O4. The second kappa shape index (κ2) is 6.45. The molecule has 3 rings (SSSR count). The smallest absolute Gasteiger partial charge is 0.257 e. The zero-order valence-corrected chi connectivity index (χ0v) is 12.8. The number of nitrogens with one attached hydrogen (secondary N) is 2. The van der Waals surface area contributed by atoms with Gasteiger partial charge in [-0.15, -0.1) is 0 Å². The number of aliphatic hydroxyl groups is 2. The average molecular weight is 335 g/mol. The first kappa shape index (κ1) is 15.6. The van der Waals surface area contributed by atoms with E-state index < -0.39 is 6.10 Å². The Kier molecular flexibility index (Phi) is 4.38. The van der Waals surface area contributed by atoms with Crippen molar-refractivity contribution in [3.63, 3.8) is 0 Å². The zero-order chi connectivity index (χ0) is 16.4. The molecule has 1 amide bonds. The van der Waals surface area contributed by atoms with Crippen molar-refractivity contribution in [2.45, 2.75) is 6.10 Å². The van der Waals surface area contributed by atoms with E-state index in [2.05, 4.69) is 10.6 Å². The molecular weight excluding hydrogens is 320 g/mol. The van der Waals surface area contributed by atoms with Crippen LogP contribution in [0.25, 0.3) is 0 Å². The van der Waals surface area contributed by atoms with Gasteiger partial charge in [-0.3, -0.25) is 4.79 Å². The quantitative estimate of drug-likeness (QED) is 0.689. The summed E-state index contributed by atoms with van der Waals surface area (Å²) in [5.41, 5.74) is 2.35. The van der Waals surface area contributed by atoms with Gasteiger partial charge in [0.05, 0.1) is 29.2 Å². The minimum absolute atomic E-state index is 0.0237. The lowest BCUT2D eigenvalue weighted by Crippen LogP contribution is -2.21. The number of benzene rings is 2. The lowest BCUT2D eigenvalue weighted by atomic mass is 10.1. The molecule has 120 valence electrons. The molecule has 1 atom stereocenters. The van der Waals surface area contributed by atoms with E-state index in [4.69, 9.17) is 21.4 Å². The summed E-state index contributed by atoms with van der Waals surface area (Å²) < 4.78 is 5.42. The highest BCUT2D eigenvalue weighted by molar-refractivity contribution is 6.31. The van der Waals surface area contributed by atoms with Crippen molar-refractivity contribution in [1.29, 1.82) is 0 Å². The minimum Gasteiger partial charge on any atom is -0.491 e. The Hall–Kier alpha value is -2.28. The summed E-state index contributed by atoms with van der Waals surface area (Å²) in [5, 5.41) is 24.6. The zero-order valence-electron chi connectivity index (χ0n) is 12.0. The summed E-state index contributed by atoms with van der Waals surface area (Å²) in [6.45, 7) is -0.394. The number of rotatable bonds is 4. The molecule has 0 saturated heterocycles. The molecule has 1 unspecified atom stereocenters. The van der Waals surface area contributed by atoms with Gasteiger partial charge in [-0.1, -0.05) is 11.6 Å². The molecule has 0 bridgehead atoms. The Morgan fingerprint density at radius 2 is 1.91 bits per heavy atom. The van der Waals surface area contributed by atoms with E-state index in [0.29, 0.717) is 33.4 Å². The normalized spacial score (nSPS) is 14.0. The molecule has 7 heteroatoms. The number of aliphatic hydroxyl groups excluding tert-OH is 2. The SMILES string of the molecule is O=C1Nc2ccc(OCC(O)CO)cc2Nc2cc(Cl)ccc21. The van der Waals surface area contributed by atoms with Gasteiger partial charge in [0, 0.05) is 11.1 Å². The van der Waals surface area contributed by atoms with Crippen LogP contribution >= 0.6 is 11.6 Å². The molecule has 4 N–H and O–H groups in total. The van der Waals surface area contributed by atoms with Crippen molar-refractivity contribution in [3.8, 4) is 5.75 Å². The molecule has 1 aliphatic rings. The highest BCUT2D eigenvalue weighted by Gasteiger charge is 2.19. The van der Waals surface area contributed by atoms with Gasteiger partial charge in [0.1, 0.15) is 18.5 Å². The third-order valence-electron chi connectivity index (χ3n) is 3.39. The molecule has 0 radical (unpaired) electrons. The summed E-state index contributed by atoms with van der Waals surface area (Å²) in [6.07, 6.45) is -0.944. The van der Waals surface area contributed by atoms with Crippen molar-refractivity contribution in [1.82, 2.24) is 0 Å². The number of ether oxygens (including phenoxy) is 1. The number of hydrogen-bond acceptors (Lipinski definition) is 5. The summed E-state index contributed by atoms with van der Waals surface area (Å²) in [7, 11) is 0. The predicted octanol–water partition coefficient (Wildman–Crippen LogP) is 2.38. The van der Waals surface area contributed by atoms with Gasteiger partial charge in [-0.05, 0) is 30.3 Å². The molecule has 0 aliphatic carbocycles. The first-order chi connectivity index (χ1) is 11.1. The topological polar surface area (TPSA) is 90.8 Å². The largest absolute Gasteiger partial charge is 0.491 e. The fraction of sp³-hybridized carbons (Fsp3) is 0.188. The highest BCUT2D eigenvalue weighted by Crippen LogP contribution is 2.35. The van der Waals surface area contributed by atoms with Gasteiger partial charge in [0.15, 0.2) is 0 Å². The van der Waals surface area contributed by atoms with Crippen molar-refractivity contribution in [2.75, 3.05) is 23.8 Å². The minimum atomic E-state index is -0.944. The molecule has 2 aromatic carbocycles. The number of halogens is 1. The van der Waals surface area contributed by atoms with Crippen LogP contribution in [0.2, 0.25) is 5.02 Å². The van der Waals surface area contributed by atoms with E-state index in [0.717, 1.165) is 0 Å². The highest BCUT2D eigenvalue weighted by atomic mass is 35.5. The van der Waals surface area contributed by atoms with Gasteiger partial charge in [-0.2, -0.15) is 0 Å². The molecule has 1 aliphatic heterocycles. The fourth-order valence-corrected chi connectivity index (χ4v) is 2.40. The Morgan fingerprint density at radius 3 is 2.70 bits per heavy atom. The van der Waals surface area contributed by atoms with E-state index in [-0.39, 0.29) is 19.1 Å². The molecule has 0 saturated carbocycles. The Balaban J connectivity index is 1.90. The van der Waals surface area contributed by atoms with Gasteiger partial charge in [-0.25, -0.2) is 0 Å². The Bertz CT molecular complexity index is 751. The number of hydrogen-bond donors (Lipinski definition) is 4. The van der Waals surface area contributed by atoms with E-state index in [1.165, 1.54) is 0 Å². The van der Waals surface area contributed by atoms with Crippen LogP contribution in [-0.4, -0.2) is 35.4 Å². The first-order valence-electron chi connectivity index (χ1n) is 7.00. The van der Waals surface area contributed by atoms with Crippen molar-refractivity contribution in [2.24, 2.45) is 0 Å². The number of anilines is 3. The van der Waals surface area contributed by atoms with Crippen LogP contribution < -0.4 is 15.4 Å². The van der Waals surface area contributed by atoms with Crippen molar-refractivity contribution < 1.29 is 19.7 Å². The monoisotopic (exact) mass is 334 g/mol. The van der Waals surface area contributed by atoms with E-state index in [1.807, 2.05) is 0 Å². The summed E-state index contributed by atoms with van der Waals surface area (Å²) in [4.78, 5) is 12.2. The van der Waals surface area contributed by atoms with Crippen LogP contribution in [0.1, 0.15) is 10.4 Å². The summed E-state index contributed by atoms with van der Waals surface area (Å²) in [5.74, 6) is 0.274. The molecule has 0 fully saturated rings. The van der Waals surface area contributed by atoms with Crippen molar-refractivity contribution in [3.05, 3.63) is 47.0 Å². The molecule has 1 heterocycles. The standard InChI is InChI=1S/C16H15ClN2O4/c17-9-1-3-12-14(5-9)18-15-6-11(23-8-10(21)7-20)2-4-13(15)19-16(12)22/h1-6,10,18,20-21H,7-8H2,(H,19,22). The van der Waals surface area contributed by atoms with Crippen LogP contribution in [0, 0.1) is 0 Å². The van der Waals surface area contributed by atoms with Crippen LogP contribution in [0.4, 0.5) is 17.1 Å². The van der Waals surface area contributed by atoms with Crippen LogP contribution in [0.15, 0.2) is 36.4 Å². The Morgan fingerprint density at radius 1 is 1.09 bits per heavy atom. The van der Waals surface area contributed by atoms with Crippen LogP contribution in [0.5, 0.6) is 5.75 Å². The number of carbonyl (C=O) groups is 1. The molecule has 0 aromatic heterocycles. The van der Waals surface area contributed by atoms with Gasteiger partial charge >= 0.3 is 0 Å². The maximum absolute atomic E-state index is 12.2. The summed E-state index contributed by atoms with van der Waals surface area (Å²) >= 11 is 5.99. The summed E-state index contributed by atoms with van der Waals surface area (Å²) in [6, 6.07) is 10.1. The van der Waals surface area contributed by atoms with E-state index in [9.17, 15) is 9.90 Å².